The first-order valence-electron chi connectivity index (χ1n) is 8.67. The van der Waals surface area contributed by atoms with E-state index in [0.717, 1.165) is 31.3 Å². The lowest BCUT2D eigenvalue weighted by atomic mass is 9.93. The zero-order chi connectivity index (χ0) is 15.2. The highest BCUT2D eigenvalue weighted by molar-refractivity contribution is 5.36. The van der Waals surface area contributed by atoms with Crippen LogP contribution >= 0.6 is 0 Å². The molecule has 4 heteroatoms. The Morgan fingerprint density at radius 3 is 2.77 bits per heavy atom. The van der Waals surface area contributed by atoms with Crippen LogP contribution in [0.5, 0.6) is 5.75 Å². The van der Waals surface area contributed by atoms with Crippen LogP contribution in [0.25, 0.3) is 0 Å². The standard InChI is InChI=1S/C18H29N3O/c1-22-18-5-3-2-4-16(18)17-14-20-11-13-21(17)12-8-15-6-9-19-10-7-15/h2-5,15,17,19-20H,6-14H2,1H3. The van der Waals surface area contributed by atoms with Gasteiger partial charge in [0.2, 0.25) is 0 Å². The van der Waals surface area contributed by atoms with Gasteiger partial charge in [-0.25, -0.2) is 0 Å². The second kappa shape index (κ2) is 7.95. The van der Waals surface area contributed by atoms with E-state index in [1.165, 1.54) is 44.5 Å². The number of piperidine rings is 1. The Kier molecular flexibility index (Phi) is 5.70. The van der Waals surface area contributed by atoms with Crippen LogP contribution in [0.3, 0.4) is 0 Å². The molecule has 0 saturated carbocycles. The largest absolute Gasteiger partial charge is 0.496 e. The molecule has 2 fully saturated rings. The van der Waals surface area contributed by atoms with Gasteiger partial charge >= 0.3 is 0 Å². The van der Waals surface area contributed by atoms with E-state index in [-0.39, 0.29) is 0 Å². The van der Waals surface area contributed by atoms with E-state index in [2.05, 4.69) is 39.8 Å². The minimum atomic E-state index is 0.437. The Balaban J connectivity index is 1.65. The van der Waals surface area contributed by atoms with Crippen LogP contribution in [0.1, 0.15) is 30.9 Å². The van der Waals surface area contributed by atoms with Crippen molar-refractivity contribution in [1.29, 1.82) is 0 Å². The molecular weight excluding hydrogens is 274 g/mol. The third-order valence-electron chi connectivity index (χ3n) is 5.14. The third kappa shape index (κ3) is 3.80. The molecular formula is C18H29N3O. The van der Waals surface area contributed by atoms with Crippen molar-refractivity contribution in [2.45, 2.75) is 25.3 Å². The summed E-state index contributed by atoms with van der Waals surface area (Å²) >= 11 is 0. The zero-order valence-electron chi connectivity index (χ0n) is 13.7. The fraction of sp³-hybridized carbons (Fsp3) is 0.667. The Morgan fingerprint density at radius 1 is 1.14 bits per heavy atom. The molecule has 0 amide bonds. The van der Waals surface area contributed by atoms with Crippen molar-refractivity contribution < 1.29 is 4.74 Å². The number of nitrogens with one attached hydrogen (secondary N) is 2. The Bertz CT molecular complexity index is 459. The molecule has 0 radical (unpaired) electrons. The predicted molar refractivity (Wildman–Crippen MR) is 90.4 cm³/mol. The Labute approximate surface area is 134 Å². The lowest BCUT2D eigenvalue weighted by molar-refractivity contribution is 0.144. The SMILES string of the molecule is COc1ccccc1C1CNCCN1CCC1CCNCC1. The van der Waals surface area contributed by atoms with Gasteiger partial charge in [0.25, 0.3) is 0 Å². The fourth-order valence-corrected chi connectivity index (χ4v) is 3.78. The van der Waals surface area contributed by atoms with Crippen LogP contribution in [0.2, 0.25) is 0 Å². The first-order valence-corrected chi connectivity index (χ1v) is 8.67. The predicted octanol–water partition coefficient (Wildman–Crippen LogP) is 2.03. The van der Waals surface area contributed by atoms with Crippen molar-refractivity contribution in [3.63, 3.8) is 0 Å². The molecule has 2 aliphatic rings. The van der Waals surface area contributed by atoms with Crippen molar-refractivity contribution in [1.82, 2.24) is 15.5 Å². The van der Waals surface area contributed by atoms with Crippen LogP contribution in [0.4, 0.5) is 0 Å². The summed E-state index contributed by atoms with van der Waals surface area (Å²) in [6.45, 7) is 6.84. The van der Waals surface area contributed by atoms with Gasteiger partial charge in [-0.2, -0.15) is 0 Å². The third-order valence-corrected chi connectivity index (χ3v) is 5.14. The number of para-hydroxylation sites is 1. The van der Waals surface area contributed by atoms with E-state index in [1.54, 1.807) is 7.11 Å². The summed E-state index contributed by atoms with van der Waals surface area (Å²) in [5.74, 6) is 1.91. The summed E-state index contributed by atoms with van der Waals surface area (Å²) in [7, 11) is 1.77. The van der Waals surface area contributed by atoms with Crippen LogP contribution in [0, 0.1) is 5.92 Å². The Morgan fingerprint density at radius 2 is 1.95 bits per heavy atom. The van der Waals surface area contributed by atoms with Crippen LogP contribution in [0.15, 0.2) is 24.3 Å². The molecule has 2 heterocycles. The fourth-order valence-electron chi connectivity index (χ4n) is 3.78. The lowest BCUT2D eigenvalue weighted by Crippen LogP contribution is -2.46. The molecule has 0 bridgehead atoms. The van der Waals surface area contributed by atoms with E-state index in [1.807, 2.05) is 0 Å². The van der Waals surface area contributed by atoms with E-state index in [0.29, 0.717) is 6.04 Å². The number of methoxy groups -OCH3 is 1. The molecule has 22 heavy (non-hydrogen) atoms. The van der Waals surface area contributed by atoms with Gasteiger partial charge in [-0.3, -0.25) is 4.90 Å². The molecule has 122 valence electrons. The molecule has 1 atom stereocenters. The molecule has 1 aromatic carbocycles. The van der Waals surface area contributed by atoms with E-state index in [9.17, 15) is 0 Å². The van der Waals surface area contributed by atoms with Gasteiger partial charge in [0.1, 0.15) is 5.75 Å². The van der Waals surface area contributed by atoms with Crippen molar-refractivity contribution in [2.24, 2.45) is 5.92 Å². The van der Waals surface area contributed by atoms with Gasteiger partial charge in [0, 0.05) is 25.2 Å². The topological polar surface area (TPSA) is 36.5 Å². The van der Waals surface area contributed by atoms with Gasteiger partial charge < -0.3 is 15.4 Å². The van der Waals surface area contributed by atoms with Crippen molar-refractivity contribution in [3.05, 3.63) is 29.8 Å². The van der Waals surface area contributed by atoms with E-state index >= 15 is 0 Å². The monoisotopic (exact) mass is 303 g/mol. The van der Waals surface area contributed by atoms with Gasteiger partial charge in [-0.15, -0.1) is 0 Å². The van der Waals surface area contributed by atoms with E-state index in [4.69, 9.17) is 4.74 Å². The number of rotatable bonds is 5. The molecule has 0 spiro atoms. The summed E-state index contributed by atoms with van der Waals surface area (Å²) in [6, 6.07) is 8.91. The minimum Gasteiger partial charge on any atom is -0.496 e. The summed E-state index contributed by atoms with van der Waals surface area (Å²) in [6.07, 6.45) is 4.00. The smallest absolute Gasteiger partial charge is 0.123 e. The molecule has 2 N–H and O–H groups in total. The molecule has 3 rings (SSSR count). The number of piperazine rings is 1. The van der Waals surface area contributed by atoms with Gasteiger partial charge in [0.15, 0.2) is 0 Å². The molecule has 0 aromatic heterocycles. The van der Waals surface area contributed by atoms with Crippen LogP contribution in [-0.2, 0) is 0 Å². The first kappa shape index (κ1) is 15.8. The van der Waals surface area contributed by atoms with Crippen molar-refractivity contribution >= 4 is 0 Å². The number of nitrogens with zero attached hydrogens (tertiary/aromatic N) is 1. The minimum absolute atomic E-state index is 0.437. The summed E-state index contributed by atoms with van der Waals surface area (Å²) in [5, 5.41) is 7.01. The number of ether oxygens (including phenoxy) is 1. The maximum Gasteiger partial charge on any atom is 0.123 e. The summed E-state index contributed by atoms with van der Waals surface area (Å²) in [4.78, 5) is 2.65. The van der Waals surface area contributed by atoms with E-state index < -0.39 is 0 Å². The Hall–Kier alpha value is -1.10. The zero-order valence-corrected chi connectivity index (χ0v) is 13.7. The van der Waals surface area contributed by atoms with Gasteiger partial charge in [-0.05, 0) is 50.9 Å². The highest BCUT2D eigenvalue weighted by Crippen LogP contribution is 2.30. The summed E-state index contributed by atoms with van der Waals surface area (Å²) < 4.78 is 5.58. The second-order valence-corrected chi connectivity index (χ2v) is 6.48. The van der Waals surface area contributed by atoms with Gasteiger partial charge in [-0.1, -0.05) is 18.2 Å². The highest BCUT2D eigenvalue weighted by Gasteiger charge is 2.26. The molecule has 2 aliphatic heterocycles. The second-order valence-electron chi connectivity index (χ2n) is 6.48. The maximum atomic E-state index is 5.58. The van der Waals surface area contributed by atoms with Crippen LogP contribution < -0.4 is 15.4 Å². The lowest BCUT2D eigenvalue weighted by Gasteiger charge is -2.38. The maximum absolute atomic E-state index is 5.58. The number of hydrogen-bond donors (Lipinski definition) is 2. The molecule has 1 aromatic rings. The average Bonchev–Trinajstić information content (AvgIpc) is 2.61. The highest BCUT2D eigenvalue weighted by atomic mass is 16.5. The quantitative estimate of drug-likeness (QED) is 0.873. The molecule has 0 aliphatic carbocycles. The molecule has 1 unspecified atom stereocenters. The van der Waals surface area contributed by atoms with Gasteiger partial charge in [0.05, 0.1) is 13.2 Å². The van der Waals surface area contributed by atoms with Crippen LogP contribution in [-0.4, -0.2) is 51.3 Å². The number of hydrogen-bond acceptors (Lipinski definition) is 4. The summed E-state index contributed by atoms with van der Waals surface area (Å²) in [5.41, 5.74) is 1.32. The first-order chi connectivity index (χ1) is 10.9. The van der Waals surface area contributed by atoms with Crippen molar-refractivity contribution in [3.8, 4) is 5.75 Å². The molecule has 4 nitrogen and oxygen atoms in total. The van der Waals surface area contributed by atoms with Crippen molar-refractivity contribution in [2.75, 3.05) is 46.4 Å². The normalized spacial score (nSPS) is 24.3. The number of benzene rings is 1. The molecule has 2 saturated heterocycles. The average molecular weight is 303 g/mol.